The third-order valence-electron chi connectivity index (χ3n) is 4.66. The molecule has 0 spiro atoms. The summed E-state index contributed by atoms with van der Waals surface area (Å²) in [4.78, 5) is 24.2. The molecule has 1 aliphatic rings. The highest BCUT2D eigenvalue weighted by atomic mass is 16.5. The summed E-state index contributed by atoms with van der Waals surface area (Å²) in [5.74, 6) is 0.872. The van der Waals surface area contributed by atoms with E-state index in [4.69, 9.17) is 4.74 Å². The van der Waals surface area contributed by atoms with Gasteiger partial charge < -0.3 is 15.4 Å². The van der Waals surface area contributed by atoms with Crippen LogP contribution in [0.15, 0.2) is 59.8 Å². The second kappa shape index (κ2) is 8.54. The Morgan fingerprint density at radius 3 is 2.59 bits per heavy atom. The van der Waals surface area contributed by atoms with Crippen molar-refractivity contribution in [3.05, 3.63) is 65.4 Å². The normalized spacial score (nSPS) is 14.1. The lowest BCUT2D eigenvalue weighted by Gasteiger charge is -2.19. The quantitative estimate of drug-likeness (QED) is 0.801. The fourth-order valence-electron chi connectivity index (χ4n) is 3.12. The van der Waals surface area contributed by atoms with Gasteiger partial charge in [-0.2, -0.15) is 0 Å². The van der Waals surface area contributed by atoms with E-state index in [-0.39, 0.29) is 18.1 Å². The number of ether oxygens (including phenoxy) is 1. The predicted octanol–water partition coefficient (Wildman–Crippen LogP) is 4.32. The minimum atomic E-state index is -0.0828. The Kier molecular flexibility index (Phi) is 5.91. The predicted molar refractivity (Wildman–Crippen MR) is 107 cm³/mol. The highest BCUT2D eigenvalue weighted by Gasteiger charge is 2.16. The van der Waals surface area contributed by atoms with Crippen LogP contribution in [0.3, 0.4) is 0 Å². The number of carbonyl (C=O) groups is 2. The maximum atomic E-state index is 12.3. The summed E-state index contributed by atoms with van der Waals surface area (Å²) in [6, 6.07) is 15.0. The van der Waals surface area contributed by atoms with Crippen LogP contribution >= 0.6 is 0 Å². The molecule has 27 heavy (non-hydrogen) atoms. The molecule has 0 bridgehead atoms. The van der Waals surface area contributed by atoms with E-state index < -0.39 is 0 Å². The Morgan fingerprint density at radius 1 is 1.07 bits per heavy atom. The Hall–Kier alpha value is -3.08. The second-order valence-corrected chi connectivity index (χ2v) is 6.66. The highest BCUT2D eigenvalue weighted by molar-refractivity contribution is 5.97. The summed E-state index contributed by atoms with van der Waals surface area (Å²) < 4.78 is 5.12. The van der Waals surface area contributed by atoms with Gasteiger partial charge in [0.05, 0.1) is 13.5 Å². The first-order valence-corrected chi connectivity index (χ1v) is 9.08. The number of ketones is 1. The van der Waals surface area contributed by atoms with Gasteiger partial charge in [0, 0.05) is 29.1 Å². The van der Waals surface area contributed by atoms with Gasteiger partial charge in [-0.3, -0.25) is 9.59 Å². The molecule has 0 atom stereocenters. The number of methoxy groups -OCH3 is 1. The van der Waals surface area contributed by atoms with Crippen molar-refractivity contribution in [3.8, 4) is 5.75 Å². The Bertz CT molecular complexity index is 869. The van der Waals surface area contributed by atoms with E-state index in [1.165, 1.54) is 0 Å². The molecule has 1 aliphatic carbocycles. The maximum Gasteiger partial charge on any atom is 0.228 e. The molecule has 0 unspecified atom stereocenters. The summed E-state index contributed by atoms with van der Waals surface area (Å²) in [5, 5.41) is 6.24. The van der Waals surface area contributed by atoms with E-state index in [0.717, 1.165) is 46.8 Å². The SMILES string of the molecule is COc1ccc(NC(=O)Cc2cccc(NC3=C(C)C(=O)CCC3)c2)cc1. The van der Waals surface area contributed by atoms with Crippen LogP contribution in [0.1, 0.15) is 31.7 Å². The minimum Gasteiger partial charge on any atom is -0.497 e. The van der Waals surface area contributed by atoms with Crippen molar-refractivity contribution in [2.45, 2.75) is 32.6 Å². The van der Waals surface area contributed by atoms with Gasteiger partial charge in [0.1, 0.15) is 5.75 Å². The van der Waals surface area contributed by atoms with Crippen LogP contribution in [0.4, 0.5) is 11.4 Å². The molecule has 0 heterocycles. The van der Waals surface area contributed by atoms with Crippen molar-refractivity contribution in [1.82, 2.24) is 0 Å². The van der Waals surface area contributed by atoms with Crippen molar-refractivity contribution < 1.29 is 14.3 Å². The van der Waals surface area contributed by atoms with Gasteiger partial charge in [0.2, 0.25) is 5.91 Å². The van der Waals surface area contributed by atoms with Crippen molar-refractivity contribution in [3.63, 3.8) is 0 Å². The molecular formula is C22H24N2O3. The zero-order chi connectivity index (χ0) is 19.2. The standard InChI is InChI=1S/C22H24N2O3/c1-15-20(7-4-8-21(15)25)23-18-6-3-5-16(13-18)14-22(26)24-17-9-11-19(27-2)12-10-17/h3,5-6,9-13,23H,4,7-8,14H2,1-2H3,(H,24,26). The van der Waals surface area contributed by atoms with Crippen LogP contribution in [0, 0.1) is 0 Å². The van der Waals surface area contributed by atoms with Crippen LogP contribution < -0.4 is 15.4 Å². The van der Waals surface area contributed by atoms with Gasteiger partial charge in [-0.15, -0.1) is 0 Å². The van der Waals surface area contributed by atoms with Crippen molar-refractivity contribution in [2.75, 3.05) is 17.7 Å². The molecule has 0 aliphatic heterocycles. The molecule has 0 saturated heterocycles. The van der Waals surface area contributed by atoms with Gasteiger partial charge in [-0.25, -0.2) is 0 Å². The molecule has 3 rings (SSSR count). The number of carbonyl (C=O) groups excluding carboxylic acids is 2. The molecule has 0 radical (unpaired) electrons. The molecule has 1 amide bonds. The number of benzene rings is 2. The molecule has 2 N–H and O–H groups in total. The summed E-state index contributed by atoms with van der Waals surface area (Å²) in [6.45, 7) is 1.87. The van der Waals surface area contributed by atoms with Crippen LogP contribution in [0.2, 0.25) is 0 Å². The fraction of sp³-hybridized carbons (Fsp3) is 0.273. The molecule has 5 heteroatoms. The zero-order valence-corrected chi connectivity index (χ0v) is 15.7. The first kappa shape index (κ1) is 18.7. The molecule has 0 saturated carbocycles. The first-order valence-electron chi connectivity index (χ1n) is 9.08. The van der Waals surface area contributed by atoms with Gasteiger partial charge in [0.15, 0.2) is 5.78 Å². The van der Waals surface area contributed by atoms with Gasteiger partial charge in [0.25, 0.3) is 0 Å². The number of hydrogen-bond donors (Lipinski definition) is 2. The third-order valence-corrected chi connectivity index (χ3v) is 4.66. The molecule has 0 aromatic heterocycles. The average molecular weight is 364 g/mol. The van der Waals surface area contributed by atoms with Crippen molar-refractivity contribution >= 4 is 23.1 Å². The third kappa shape index (κ3) is 4.97. The van der Waals surface area contributed by atoms with Gasteiger partial charge >= 0.3 is 0 Å². The molecular weight excluding hydrogens is 340 g/mol. The number of nitrogens with one attached hydrogen (secondary N) is 2. The molecule has 5 nitrogen and oxygen atoms in total. The summed E-state index contributed by atoms with van der Waals surface area (Å²) in [7, 11) is 1.61. The molecule has 0 fully saturated rings. The van der Waals surface area contributed by atoms with Crippen molar-refractivity contribution in [1.29, 1.82) is 0 Å². The van der Waals surface area contributed by atoms with Crippen LogP contribution in [-0.4, -0.2) is 18.8 Å². The smallest absolute Gasteiger partial charge is 0.228 e. The number of allylic oxidation sites excluding steroid dienone is 2. The van der Waals surface area contributed by atoms with Crippen LogP contribution in [-0.2, 0) is 16.0 Å². The summed E-state index contributed by atoms with van der Waals surface area (Å²) in [5.41, 5.74) is 4.33. The average Bonchev–Trinajstić information content (AvgIpc) is 2.66. The number of rotatable bonds is 6. The lowest BCUT2D eigenvalue weighted by atomic mass is 9.96. The highest BCUT2D eigenvalue weighted by Crippen LogP contribution is 2.24. The number of Topliss-reactive ketones (excluding diaryl/α,β-unsaturated/α-hetero) is 1. The van der Waals surface area contributed by atoms with Gasteiger partial charge in [-0.05, 0) is 61.7 Å². The lowest BCUT2D eigenvalue weighted by Crippen LogP contribution is -2.15. The molecule has 2 aromatic rings. The maximum absolute atomic E-state index is 12.3. The number of amides is 1. The second-order valence-electron chi connectivity index (χ2n) is 6.66. The molecule has 2 aromatic carbocycles. The van der Waals surface area contributed by atoms with E-state index in [0.29, 0.717) is 6.42 Å². The van der Waals surface area contributed by atoms with Crippen LogP contribution in [0.25, 0.3) is 0 Å². The van der Waals surface area contributed by atoms with E-state index in [2.05, 4.69) is 10.6 Å². The number of hydrogen-bond acceptors (Lipinski definition) is 4. The minimum absolute atomic E-state index is 0.0828. The Balaban J connectivity index is 1.63. The summed E-state index contributed by atoms with van der Waals surface area (Å²) in [6.07, 6.45) is 2.66. The van der Waals surface area contributed by atoms with E-state index in [1.807, 2.05) is 55.5 Å². The molecule has 140 valence electrons. The summed E-state index contributed by atoms with van der Waals surface area (Å²) >= 11 is 0. The van der Waals surface area contributed by atoms with Crippen molar-refractivity contribution in [2.24, 2.45) is 0 Å². The fourth-order valence-corrected chi connectivity index (χ4v) is 3.12. The van der Waals surface area contributed by atoms with E-state index in [1.54, 1.807) is 7.11 Å². The van der Waals surface area contributed by atoms with E-state index >= 15 is 0 Å². The lowest BCUT2D eigenvalue weighted by molar-refractivity contribution is -0.116. The van der Waals surface area contributed by atoms with Crippen LogP contribution in [0.5, 0.6) is 5.75 Å². The largest absolute Gasteiger partial charge is 0.497 e. The zero-order valence-electron chi connectivity index (χ0n) is 15.7. The topological polar surface area (TPSA) is 67.4 Å². The number of anilines is 2. The Morgan fingerprint density at radius 2 is 1.85 bits per heavy atom. The van der Waals surface area contributed by atoms with Gasteiger partial charge in [-0.1, -0.05) is 12.1 Å². The first-order chi connectivity index (χ1) is 13.0. The Labute approximate surface area is 159 Å². The van der Waals surface area contributed by atoms with E-state index in [9.17, 15) is 9.59 Å². The monoisotopic (exact) mass is 364 g/mol.